The Morgan fingerprint density at radius 3 is 2.36 bits per heavy atom. The van der Waals surface area contributed by atoms with E-state index in [2.05, 4.69) is 66.0 Å². The molecule has 0 heterocycles. The summed E-state index contributed by atoms with van der Waals surface area (Å²) in [5, 5.41) is 3.87. The van der Waals surface area contributed by atoms with Gasteiger partial charge in [0.2, 0.25) is 0 Å². The molecule has 0 radical (unpaired) electrons. The van der Waals surface area contributed by atoms with Gasteiger partial charge in [0.1, 0.15) is 0 Å². The molecular weight excluding hydrogens is 424 g/mol. The monoisotopic (exact) mass is 460 g/mol. The minimum Gasteiger partial charge on any atom is -0.376 e. The molecule has 5 saturated carbocycles. The Kier molecular flexibility index (Phi) is 5.59. The number of benzene rings is 2. The summed E-state index contributed by atoms with van der Waals surface area (Å²) in [5.74, 6) is 1.09. The van der Waals surface area contributed by atoms with Gasteiger partial charge in [-0.3, -0.25) is 0 Å². The minimum absolute atomic E-state index is 0.0784. The van der Waals surface area contributed by atoms with Crippen molar-refractivity contribution in [3.05, 3.63) is 71.8 Å². The van der Waals surface area contributed by atoms with Crippen LogP contribution >= 0.6 is 12.2 Å². The van der Waals surface area contributed by atoms with Crippen molar-refractivity contribution in [3.8, 4) is 0 Å². The molecule has 2 aromatic carbocycles. The predicted molar refractivity (Wildman–Crippen MR) is 137 cm³/mol. The predicted octanol–water partition coefficient (Wildman–Crippen LogP) is 5.52. The van der Waals surface area contributed by atoms with Crippen LogP contribution in [0, 0.1) is 17.3 Å². The van der Waals surface area contributed by atoms with Crippen molar-refractivity contribution in [3.63, 3.8) is 0 Å². The van der Waals surface area contributed by atoms with E-state index in [1.54, 1.807) is 0 Å². The van der Waals surface area contributed by atoms with Gasteiger partial charge in [-0.15, -0.1) is 0 Å². The summed E-state index contributed by atoms with van der Waals surface area (Å²) in [6.45, 7) is 0.702. The van der Waals surface area contributed by atoms with Crippen molar-refractivity contribution in [2.24, 2.45) is 23.0 Å². The second-order valence-electron chi connectivity index (χ2n) is 11.3. The van der Waals surface area contributed by atoms with Crippen LogP contribution in [0.1, 0.15) is 62.5 Å². The fourth-order valence-electron chi connectivity index (χ4n) is 7.92. The largest absolute Gasteiger partial charge is 0.376 e. The molecule has 3 nitrogen and oxygen atoms in total. The summed E-state index contributed by atoms with van der Waals surface area (Å²) in [4.78, 5) is 1.13. The fourth-order valence-corrected chi connectivity index (χ4v) is 8.39. The zero-order valence-corrected chi connectivity index (χ0v) is 20.2. The second kappa shape index (κ2) is 8.48. The van der Waals surface area contributed by atoms with Crippen LogP contribution in [0.5, 0.6) is 0 Å². The van der Waals surface area contributed by atoms with Crippen molar-refractivity contribution < 1.29 is 4.74 Å². The van der Waals surface area contributed by atoms with E-state index in [1.807, 2.05) is 0 Å². The number of nitrogens with one attached hydrogen (secondary N) is 1. The average molecular weight is 461 g/mol. The highest BCUT2D eigenvalue weighted by atomic mass is 32.1. The molecular formula is C29H36N2OS. The lowest BCUT2D eigenvalue weighted by Crippen LogP contribution is -2.48. The molecule has 5 aliphatic carbocycles. The van der Waals surface area contributed by atoms with Crippen LogP contribution in [-0.4, -0.2) is 23.2 Å². The molecule has 33 heavy (non-hydrogen) atoms. The van der Waals surface area contributed by atoms with Gasteiger partial charge in [-0.1, -0.05) is 72.9 Å². The Balaban J connectivity index is 1.26. The summed E-state index contributed by atoms with van der Waals surface area (Å²) in [7, 11) is 0. The quantitative estimate of drug-likeness (QED) is 0.558. The zero-order valence-electron chi connectivity index (χ0n) is 19.4. The van der Waals surface area contributed by atoms with Crippen molar-refractivity contribution in [1.29, 1.82) is 0 Å². The van der Waals surface area contributed by atoms with Crippen molar-refractivity contribution in [2.45, 2.75) is 81.6 Å². The SMILES string of the molecule is NC1CCC(NC(=S)C23CC4CC(c5ccccc5)(CC2C4OCc2ccccc2)C3)CC1. The Hall–Kier alpha value is -1.75. The maximum absolute atomic E-state index is 6.71. The van der Waals surface area contributed by atoms with Crippen molar-refractivity contribution in [1.82, 2.24) is 5.32 Å². The van der Waals surface area contributed by atoms with E-state index in [0.29, 0.717) is 36.6 Å². The van der Waals surface area contributed by atoms with Crippen LogP contribution in [0.4, 0.5) is 0 Å². The highest BCUT2D eigenvalue weighted by Crippen LogP contribution is 2.71. The molecule has 5 atom stereocenters. The number of hydrogen-bond acceptors (Lipinski definition) is 3. The van der Waals surface area contributed by atoms with Gasteiger partial charge in [0, 0.05) is 17.5 Å². The maximum Gasteiger partial charge on any atom is 0.0822 e. The third-order valence-corrected chi connectivity index (χ3v) is 9.87. The lowest BCUT2D eigenvalue weighted by Gasteiger charge is -2.43. The minimum atomic E-state index is 0.0784. The second-order valence-corrected chi connectivity index (χ2v) is 11.7. The van der Waals surface area contributed by atoms with E-state index in [1.165, 1.54) is 36.8 Å². The summed E-state index contributed by atoms with van der Waals surface area (Å²) in [5.41, 5.74) is 9.27. The van der Waals surface area contributed by atoms with Crippen LogP contribution in [0.3, 0.4) is 0 Å². The van der Waals surface area contributed by atoms with E-state index in [9.17, 15) is 0 Å². The molecule has 2 aromatic rings. The Labute approximate surface area is 203 Å². The van der Waals surface area contributed by atoms with Crippen LogP contribution in [0.2, 0.25) is 0 Å². The van der Waals surface area contributed by atoms with Gasteiger partial charge in [-0.25, -0.2) is 0 Å². The topological polar surface area (TPSA) is 47.3 Å². The first kappa shape index (κ1) is 21.8. The molecule has 0 amide bonds. The molecule has 4 heteroatoms. The third-order valence-electron chi connectivity index (χ3n) is 9.35. The number of thiocarbonyl (C=S) groups is 1. The smallest absolute Gasteiger partial charge is 0.0822 e. The summed E-state index contributed by atoms with van der Waals surface area (Å²) in [6.07, 6.45) is 9.60. The normalized spacial score (nSPS) is 39.0. The summed E-state index contributed by atoms with van der Waals surface area (Å²) < 4.78 is 6.71. The van der Waals surface area contributed by atoms with E-state index in [-0.39, 0.29) is 10.8 Å². The molecule has 174 valence electrons. The van der Waals surface area contributed by atoms with Gasteiger partial charge in [0.15, 0.2) is 0 Å². The number of nitrogens with two attached hydrogens (primary N) is 1. The van der Waals surface area contributed by atoms with Crippen LogP contribution < -0.4 is 11.1 Å². The van der Waals surface area contributed by atoms with E-state index < -0.39 is 0 Å². The molecule has 0 saturated heterocycles. The fraction of sp³-hybridized carbons (Fsp3) is 0.552. The lowest BCUT2D eigenvalue weighted by molar-refractivity contribution is -0.0380. The first-order chi connectivity index (χ1) is 16.1. The zero-order chi connectivity index (χ0) is 22.5. The molecule has 4 bridgehead atoms. The standard InChI is InChI=1S/C29H36N2OS/c30-23-11-13-24(14-12-23)31-27(33)29-16-21-15-28(19-29,22-9-5-2-6-10-22)17-25(29)26(21)32-18-20-7-3-1-4-8-20/h1-10,21,23-26H,11-19,30H2,(H,31,33). The van der Waals surface area contributed by atoms with E-state index in [0.717, 1.165) is 30.7 Å². The molecule has 0 aromatic heterocycles. The number of rotatable bonds is 6. The maximum atomic E-state index is 6.71. The summed E-state index contributed by atoms with van der Waals surface area (Å²) in [6, 6.07) is 22.7. The van der Waals surface area contributed by atoms with Gasteiger partial charge in [-0.2, -0.15) is 0 Å². The molecule has 5 unspecified atom stereocenters. The molecule has 7 rings (SSSR count). The van der Waals surface area contributed by atoms with Crippen LogP contribution in [0.15, 0.2) is 60.7 Å². The van der Waals surface area contributed by atoms with Crippen molar-refractivity contribution >= 4 is 17.2 Å². The Morgan fingerprint density at radius 1 is 0.939 bits per heavy atom. The molecule has 0 spiro atoms. The number of ether oxygens (including phenoxy) is 1. The van der Waals surface area contributed by atoms with Gasteiger partial charge in [-0.05, 0) is 79.7 Å². The Morgan fingerprint density at radius 2 is 1.64 bits per heavy atom. The van der Waals surface area contributed by atoms with Crippen molar-refractivity contribution in [2.75, 3.05) is 0 Å². The molecule has 5 aliphatic rings. The first-order valence-corrected chi connectivity index (χ1v) is 13.3. The number of hydrogen-bond donors (Lipinski definition) is 2. The van der Waals surface area contributed by atoms with E-state index >= 15 is 0 Å². The average Bonchev–Trinajstić information content (AvgIpc) is 3.22. The first-order valence-electron chi connectivity index (χ1n) is 12.9. The molecule has 0 aliphatic heterocycles. The summed E-state index contributed by atoms with van der Waals surface area (Å²) >= 11 is 6.26. The van der Waals surface area contributed by atoms with Crippen LogP contribution in [0.25, 0.3) is 0 Å². The highest BCUT2D eigenvalue weighted by Gasteiger charge is 2.70. The Bertz CT molecular complexity index is 989. The highest BCUT2D eigenvalue weighted by molar-refractivity contribution is 7.80. The van der Waals surface area contributed by atoms with Gasteiger partial charge in [0.05, 0.1) is 17.7 Å². The molecule has 5 fully saturated rings. The lowest BCUT2D eigenvalue weighted by atomic mass is 9.63. The van der Waals surface area contributed by atoms with Crippen LogP contribution in [-0.2, 0) is 16.8 Å². The van der Waals surface area contributed by atoms with Gasteiger partial charge >= 0.3 is 0 Å². The van der Waals surface area contributed by atoms with Gasteiger partial charge < -0.3 is 15.8 Å². The third kappa shape index (κ3) is 3.75. The van der Waals surface area contributed by atoms with Gasteiger partial charge in [0.25, 0.3) is 0 Å². The van der Waals surface area contributed by atoms with E-state index in [4.69, 9.17) is 22.7 Å². The molecule has 3 N–H and O–H groups in total.